The van der Waals surface area contributed by atoms with Gasteiger partial charge in [-0.3, -0.25) is 9.59 Å². The topological polar surface area (TPSA) is 64.6 Å². The maximum absolute atomic E-state index is 13.1. The number of thiophene rings is 1. The van der Waals surface area contributed by atoms with Crippen molar-refractivity contribution in [3.05, 3.63) is 57.4 Å². The van der Waals surface area contributed by atoms with Gasteiger partial charge in [0.25, 0.3) is 0 Å². The predicted octanol–water partition coefficient (Wildman–Crippen LogP) is 3.77. The molecule has 2 aliphatic rings. The molecule has 0 saturated carbocycles. The first-order valence-electron chi connectivity index (χ1n) is 8.92. The fourth-order valence-corrected chi connectivity index (χ4v) is 4.89. The number of allylic oxidation sites excluding steroid dienone is 2. The number of hydrogen-bond donors (Lipinski definition) is 1. The van der Waals surface area contributed by atoms with Crippen molar-refractivity contribution in [3.8, 4) is 11.5 Å². The third-order valence-electron chi connectivity index (χ3n) is 5.29. The highest BCUT2D eigenvalue weighted by atomic mass is 32.1. The maximum Gasteiger partial charge on any atom is 0.225 e. The van der Waals surface area contributed by atoms with Crippen LogP contribution in [0.15, 0.2) is 47.0 Å². The van der Waals surface area contributed by atoms with Gasteiger partial charge < -0.3 is 14.8 Å². The van der Waals surface area contributed by atoms with Gasteiger partial charge in [-0.2, -0.15) is 0 Å². The molecule has 5 nitrogen and oxygen atoms in total. The molecular weight excluding hydrogens is 362 g/mol. The first kappa shape index (κ1) is 17.8. The monoisotopic (exact) mass is 383 g/mol. The summed E-state index contributed by atoms with van der Waals surface area (Å²) < 4.78 is 10.9. The smallest absolute Gasteiger partial charge is 0.225 e. The van der Waals surface area contributed by atoms with Crippen LogP contribution in [0.25, 0.3) is 0 Å². The van der Waals surface area contributed by atoms with Crippen molar-refractivity contribution in [3.63, 3.8) is 0 Å². The lowest BCUT2D eigenvalue weighted by atomic mass is 9.74. The van der Waals surface area contributed by atoms with Gasteiger partial charge in [0.05, 0.1) is 14.2 Å². The number of nitrogens with one attached hydrogen (secondary N) is 1. The van der Waals surface area contributed by atoms with E-state index in [9.17, 15) is 9.59 Å². The van der Waals surface area contributed by atoms with E-state index in [0.29, 0.717) is 29.9 Å². The number of amides is 1. The Hall–Kier alpha value is -2.60. The normalized spacial score (nSPS) is 22.3. The van der Waals surface area contributed by atoms with Gasteiger partial charge in [0, 0.05) is 46.4 Å². The Bertz CT molecular complexity index is 916. The molecule has 2 aromatic rings. The number of benzene rings is 1. The first-order chi connectivity index (χ1) is 13.1. The fraction of sp³-hybridized carbons (Fsp3) is 0.333. The molecule has 27 heavy (non-hydrogen) atoms. The van der Waals surface area contributed by atoms with E-state index >= 15 is 0 Å². The lowest BCUT2D eigenvalue weighted by Crippen LogP contribution is -2.38. The summed E-state index contributed by atoms with van der Waals surface area (Å²) in [6.45, 7) is 0. The molecule has 0 spiro atoms. The second-order valence-electron chi connectivity index (χ2n) is 6.85. The van der Waals surface area contributed by atoms with Crippen LogP contribution >= 0.6 is 11.3 Å². The van der Waals surface area contributed by atoms with Crippen molar-refractivity contribution in [2.75, 3.05) is 14.2 Å². The van der Waals surface area contributed by atoms with E-state index in [-0.39, 0.29) is 29.9 Å². The average Bonchev–Trinajstić information content (AvgIpc) is 3.21. The Morgan fingerprint density at radius 3 is 2.63 bits per heavy atom. The largest absolute Gasteiger partial charge is 0.497 e. The minimum absolute atomic E-state index is 0.0664. The first-order valence-corrected chi connectivity index (χ1v) is 9.80. The van der Waals surface area contributed by atoms with Crippen molar-refractivity contribution < 1.29 is 19.1 Å². The number of ketones is 1. The molecule has 1 aromatic carbocycles. The van der Waals surface area contributed by atoms with Gasteiger partial charge in [-0.1, -0.05) is 6.07 Å². The Morgan fingerprint density at radius 1 is 1.07 bits per heavy atom. The molecule has 1 aliphatic heterocycles. The van der Waals surface area contributed by atoms with Gasteiger partial charge in [-0.05, 0) is 36.1 Å². The molecule has 1 aromatic heterocycles. The molecule has 0 saturated heterocycles. The van der Waals surface area contributed by atoms with Gasteiger partial charge in [-0.15, -0.1) is 11.3 Å². The summed E-state index contributed by atoms with van der Waals surface area (Å²) in [7, 11) is 3.19. The zero-order valence-corrected chi connectivity index (χ0v) is 16.1. The van der Waals surface area contributed by atoms with E-state index in [1.165, 1.54) is 4.88 Å². The Labute approximate surface area is 162 Å². The summed E-state index contributed by atoms with van der Waals surface area (Å²) in [5.74, 6) is 1.19. The number of methoxy groups -OCH3 is 2. The summed E-state index contributed by atoms with van der Waals surface area (Å²) in [5.41, 5.74) is 2.30. The molecular formula is C21H21NO4S. The number of rotatable bonds is 4. The molecule has 0 fully saturated rings. The molecule has 2 atom stereocenters. The second kappa shape index (κ2) is 7.19. The highest BCUT2D eigenvalue weighted by molar-refractivity contribution is 7.10. The third kappa shape index (κ3) is 3.25. The standard InChI is InChI=1S/C21H21NO4S/c1-25-13-5-6-18(26-2)14(10-13)15-11-20(24)22-16-8-12(9-17(23)21(15)16)19-4-3-7-27-19/h3-7,10,12,15H,8-9,11H2,1-2H3,(H,22,24)/t12-,15-/m0/s1. The van der Waals surface area contributed by atoms with E-state index in [0.717, 1.165) is 11.3 Å². The summed E-state index contributed by atoms with van der Waals surface area (Å²) in [5, 5.41) is 4.98. The van der Waals surface area contributed by atoms with E-state index in [1.54, 1.807) is 25.6 Å². The van der Waals surface area contributed by atoms with Crippen LogP contribution in [0, 0.1) is 0 Å². The summed E-state index contributed by atoms with van der Waals surface area (Å²) in [4.78, 5) is 26.7. The van der Waals surface area contributed by atoms with Crippen LogP contribution in [0.3, 0.4) is 0 Å². The highest BCUT2D eigenvalue weighted by Gasteiger charge is 2.39. The van der Waals surface area contributed by atoms with Crippen molar-refractivity contribution in [2.24, 2.45) is 0 Å². The van der Waals surface area contributed by atoms with Crippen molar-refractivity contribution in [2.45, 2.75) is 31.1 Å². The molecule has 1 N–H and O–H groups in total. The van der Waals surface area contributed by atoms with Crippen LogP contribution in [0.1, 0.15) is 41.5 Å². The summed E-state index contributed by atoms with van der Waals surface area (Å²) in [6, 6.07) is 9.56. The second-order valence-corrected chi connectivity index (χ2v) is 7.83. The molecule has 6 heteroatoms. The maximum atomic E-state index is 13.1. The van der Waals surface area contributed by atoms with Crippen LogP contribution in [-0.2, 0) is 9.59 Å². The quantitative estimate of drug-likeness (QED) is 0.873. The number of carbonyl (C=O) groups excluding carboxylic acids is 2. The zero-order chi connectivity index (χ0) is 19.0. The van der Waals surface area contributed by atoms with Crippen LogP contribution < -0.4 is 14.8 Å². The SMILES string of the molecule is COc1ccc(OC)c([C@@H]2CC(=O)NC3=C2C(=O)C[C@@H](c2cccs2)C3)c1. The molecule has 0 unspecified atom stereocenters. The fourth-order valence-electron chi connectivity index (χ4n) is 4.06. The van der Waals surface area contributed by atoms with E-state index in [4.69, 9.17) is 9.47 Å². The van der Waals surface area contributed by atoms with Crippen molar-refractivity contribution in [1.29, 1.82) is 0 Å². The Balaban J connectivity index is 1.77. The van der Waals surface area contributed by atoms with Gasteiger partial charge in [0.15, 0.2) is 5.78 Å². The lowest BCUT2D eigenvalue weighted by Gasteiger charge is -2.34. The van der Waals surface area contributed by atoms with Crippen molar-refractivity contribution >= 4 is 23.0 Å². The van der Waals surface area contributed by atoms with Gasteiger partial charge in [-0.25, -0.2) is 0 Å². The van der Waals surface area contributed by atoms with Crippen LogP contribution in [-0.4, -0.2) is 25.9 Å². The molecule has 1 aliphatic carbocycles. The Morgan fingerprint density at radius 2 is 1.93 bits per heavy atom. The minimum atomic E-state index is -0.310. The van der Waals surface area contributed by atoms with E-state index in [2.05, 4.69) is 11.4 Å². The zero-order valence-electron chi connectivity index (χ0n) is 15.3. The van der Waals surface area contributed by atoms with E-state index in [1.807, 2.05) is 29.6 Å². The van der Waals surface area contributed by atoms with Gasteiger partial charge in [0.1, 0.15) is 11.5 Å². The van der Waals surface area contributed by atoms with E-state index < -0.39 is 0 Å². The number of Topliss-reactive ketones (excluding diaryl/α,β-unsaturated/α-hetero) is 1. The Kier molecular flexibility index (Phi) is 4.74. The van der Waals surface area contributed by atoms with Gasteiger partial charge in [0.2, 0.25) is 5.91 Å². The van der Waals surface area contributed by atoms with Crippen molar-refractivity contribution in [1.82, 2.24) is 5.32 Å². The van der Waals surface area contributed by atoms with Crippen LogP contribution in [0.2, 0.25) is 0 Å². The number of carbonyl (C=O) groups is 2. The summed E-state index contributed by atoms with van der Waals surface area (Å²) in [6.07, 6.45) is 1.38. The molecule has 1 amide bonds. The third-order valence-corrected chi connectivity index (χ3v) is 6.33. The molecule has 4 rings (SSSR count). The lowest BCUT2D eigenvalue weighted by molar-refractivity contribution is -0.122. The highest BCUT2D eigenvalue weighted by Crippen LogP contribution is 2.45. The minimum Gasteiger partial charge on any atom is -0.497 e. The molecule has 0 bridgehead atoms. The average molecular weight is 383 g/mol. The predicted molar refractivity (Wildman–Crippen MR) is 103 cm³/mol. The molecule has 140 valence electrons. The molecule has 0 radical (unpaired) electrons. The van der Waals surface area contributed by atoms with Gasteiger partial charge >= 0.3 is 0 Å². The summed E-state index contributed by atoms with van der Waals surface area (Å²) >= 11 is 1.66. The van der Waals surface area contributed by atoms with Crippen LogP contribution in [0.5, 0.6) is 11.5 Å². The molecule has 2 heterocycles. The number of hydrogen-bond acceptors (Lipinski definition) is 5. The number of ether oxygens (including phenoxy) is 2. The van der Waals surface area contributed by atoms with Crippen LogP contribution in [0.4, 0.5) is 0 Å².